The van der Waals surface area contributed by atoms with Crippen LogP contribution in [0, 0.1) is 0 Å². The number of amides is 2. The fraction of sp³-hybridized carbons (Fsp3) is 0.250. The van der Waals surface area contributed by atoms with E-state index in [9.17, 15) is 40.3 Å². The van der Waals surface area contributed by atoms with Crippen LogP contribution in [0.25, 0.3) is 0 Å². The van der Waals surface area contributed by atoms with Gasteiger partial charge in [0.1, 0.15) is 0 Å². The van der Waals surface area contributed by atoms with E-state index in [0.29, 0.717) is 6.42 Å². The summed E-state index contributed by atoms with van der Waals surface area (Å²) in [5.74, 6) is -3.83. The number of carbonyl (C=O) groups is 3. The second kappa shape index (κ2) is 10.1. The lowest BCUT2D eigenvalue weighted by Gasteiger charge is -2.45. The summed E-state index contributed by atoms with van der Waals surface area (Å²) in [4.78, 5) is 49.3. The molecule has 0 unspecified atom stereocenters. The van der Waals surface area contributed by atoms with Crippen molar-refractivity contribution in [1.29, 1.82) is 0 Å². The van der Waals surface area contributed by atoms with Crippen molar-refractivity contribution >= 4 is 49.4 Å². The lowest BCUT2D eigenvalue weighted by Crippen LogP contribution is -2.54. The molecule has 18 heteroatoms. The molecule has 3 aliphatic rings. The Morgan fingerprint density at radius 1 is 0.891 bits per heavy atom. The zero-order chi connectivity index (χ0) is 33.6. The molecule has 242 valence electrons. The van der Waals surface area contributed by atoms with E-state index < -0.39 is 81.8 Å². The first-order valence-electron chi connectivity index (χ1n) is 13.6. The third-order valence-corrected chi connectivity index (χ3v) is 9.73. The molecule has 1 saturated heterocycles. The maximum absolute atomic E-state index is 14.2. The average molecular weight is 675 g/mol. The zero-order valence-electron chi connectivity index (χ0n) is 24.1. The number of nitrogen functional groups attached to an aromatic ring is 2. The lowest BCUT2D eigenvalue weighted by molar-refractivity contribution is -0.256. The molecular formula is C28H26N4O12S2. The highest BCUT2D eigenvalue weighted by Gasteiger charge is 2.61. The summed E-state index contributed by atoms with van der Waals surface area (Å²) in [6.07, 6.45) is 0.603. The van der Waals surface area contributed by atoms with Crippen LogP contribution in [-0.2, 0) is 45.0 Å². The van der Waals surface area contributed by atoms with Crippen LogP contribution in [0.5, 0.6) is 11.5 Å². The first-order chi connectivity index (χ1) is 21.4. The normalized spacial score (nSPS) is 17.0. The van der Waals surface area contributed by atoms with Gasteiger partial charge in [-0.25, -0.2) is 4.79 Å². The minimum Gasteiger partial charge on any atom is -0.453 e. The Morgan fingerprint density at radius 3 is 1.93 bits per heavy atom. The standard InChI is InChI=1S/C28H26N4O12S2/c1-27(2,26(35)43-31-13-5-8-20(31)33)44-32-25(34)14-6-3-4-7-15(14)28(32)16-9-11-18(29)23(45(36,37)38)21(16)42-22-17(28)10-12-19(30)24(22)46(39,40)41/h3-4,6-7,9-12H,5,8,13,29-30H2,1-2H3,(H,36,37,38)(H,39,40,41). The van der Waals surface area contributed by atoms with Crippen LogP contribution >= 0.6 is 0 Å². The molecule has 6 rings (SSSR count). The minimum absolute atomic E-state index is 0.0179. The smallest absolute Gasteiger partial charge is 0.366 e. The molecule has 6 N–H and O–H groups in total. The van der Waals surface area contributed by atoms with Gasteiger partial charge in [0, 0.05) is 28.7 Å². The number of fused-ring (bicyclic) bond motifs is 6. The van der Waals surface area contributed by atoms with E-state index in [1.807, 2.05) is 0 Å². The molecule has 0 bridgehead atoms. The van der Waals surface area contributed by atoms with Crippen LogP contribution in [0.15, 0.2) is 58.3 Å². The molecule has 16 nitrogen and oxygen atoms in total. The lowest BCUT2D eigenvalue weighted by atomic mass is 9.75. The molecule has 0 atom stereocenters. The number of hydroxylamine groups is 4. The summed E-state index contributed by atoms with van der Waals surface area (Å²) in [7, 11) is -10.4. The molecule has 0 aromatic heterocycles. The van der Waals surface area contributed by atoms with Crippen molar-refractivity contribution in [3.8, 4) is 11.5 Å². The van der Waals surface area contributed by atoms with Crippen LogP contribution in [0.3, 0.4) is 0 Å². The predicted molar refractivity (Wildman–Crippen MR) is 156 cm³/mol. The van der Waals surface area contributed by atoms with Crippen molar-refractivity contribution in [1.82, 2.24) is 10.1 Å². The van der Waals surface area contributed by atoms with E-state index in [2.05, 4.69) is 0 Å². The van der Waals surface area contributed by atoms with E-state index in [0.717, 1.165) is 22.3 Å². The fourth-order valence-electron chi connectivity index (χ4n) is 5.88. The average Bonchev–Trinajstić information content (AvgIpc) is 3.46. The van der Waals surface area contributed by atoms with Crippen LogP contribution < -0.4 is 16.2 Å². The number of anilines is 2. The van der Waals surface area contributed by atoms with Gasteiger partial charge < -0.3 is 21.0 Å². The molecule has 1 fully saturated rings. The highest BCUT2D eigenvalue weighted by Crippen LogP contribution is 2.61. The van der Waals surface area contributed by atoms with E-state index >= 15 is 0 Å². The number of carbonyl (C=O) groups excluding carboxylic acids is 3. The van der Waals surface area contributed by atoms with E-state index in [-0.39, 0.29) is 35.2 Å². The van der Waals surface area contributed by atoms with Crippen molar-refractivity contribution in [2.45, 2.75) is 47.6 Å². The van der Waals surface area contributed by atoms with Crippen LogP contribution in [-0.4, -0.2) is 66.0 Å². The fourth-order valence-corrected chi connectivity index (χ4v) is 7.38. The van der Waals surface area contributed by atoms with Gasteiger partial charge in [-0.3, -0.25) is 23.5 Å². The third kappa shape index (κ3) is 4.48. The molecule has 3 aromatic carbocycles. The molecule has 0 aliphatic carbocycles. The predicted octanol–water partition coefficient (Wildman–Crippen LogP) is 1.99. The maximum atomic E-state index is 14.2. The molecule has 1 spiro atoms. The number of nitrogens with two attached hydrogens (primary N) is 2. The quantitative estimate of drug-likeness (QED) is 0.216. The van der Waals surface area contributed by atoms with Gasteiger partial charge >= 0.3 is 5.97 Å². The van der Waals surface area contributed by atoms with Gasteiger partial charge in [0.15, 0.2) is 32.4 Å². The molecule has 2 amide bonds. The minimum atomic E-state index is -5.21. The third-order valence-electron chi connectivity index (χ3n) is 7.86. The summed E-state index contributed by atoms with van der Waals surface area (Å²) >= 11 is 0. The molecule has 0 saturated carbocycles. The SMILES string of the molecule is CC(C)(ON1C(=O)c2ccccc2C12c1ccc(N)c(S(=O)(=O)O)c1Oc1c2ccc(N)c1S(=O)(=O)O)C(=O)ON1CCCC1=O. The number of benzene rings is 3. The number of nitrogens with zero attached hydrogens (tertiary/aromatic N) is 2. The van der Waals surface area contributed by atoms with Crippen molar-refractivity contribution in [2.75, 3.05) is 18.0 Å². The highest BCUT2D eigenvalue weighted by atomic mass is 32.2. The largest absolute Gasteiger partial charge is 0.453 e. The number of hydrogen-bond acceptors (Lipinski definition) is 12. The molecule has 3 heterocycles. The van der Waals surface area contributed by atoms with E-state index in [1.54, 1.807) is 0 Å². The zero-order valence-corrected chi connectivity index (χ0v) is 25.7. The highest BCUT2D eigenvalue weighted by molar-refractivity contribution is 7.86. The molecular weight excluding hydrogens is 648 g/mol. The Bertz CT molecular complexity index is 2010. The molecule has 46 heavy (non-hydrogen) atoms. The maximum Gasteiger partial charge on any atom is 0.366 e. The number of hydrogen-bond donors (Lipinski definition) is 4. The first-order valence-corrected chi connectivity index (χ1v) is 16.4. The summed E-state index contributed by atoms with van der Waals surface area (Å²) in [6.45, 7) is 2.64. The van der Waals surface area contributed by atoms with Gasteiger partial charge in [-0.1, -0.05) is 18.2 Å². The summed E-state index contributed by atoms with van der Waals surface area (Å²) < 4.78 is 77.1. The first kappa shape index (κ1) is 31.2. The number of ether oxygens (including phenoxy) is 1. The second-order valence-electron chi connectivity index (χ2n) is 11.2. The monoisotopic (exact) mass is 674 g/mol. The van der Waals surface area contributed by atoms with Crippen molar-refractivity contribution in [3.63, 3.8) is 0 Å². The van der Waals surface area contributed by atoms with Gasteiger partial charge in [-0.2, -0.15) is 27.0 Å². The second-order valence-corrected chi connectivity index (χ2v) is 13.9. The Labute approximate surface area is 261 Å². The van der Waals surface area contributed by atoms with E-state index in [4.69, 9.17) is 25.9 Å². The Hall–Kier alpha value is -4.75. The van der Waals surface area contributed by atoms with Gasteiger partial charge in [-0.15, -0.1) is 0 Å². The Morgan fingerprint density at radius 2 is 1.43 bits per heavy atom. The van der Waals surface area contributed by atoms with Crippen molar-refractivity contribution < 1.29 is 54.7 Å². The van der Waals surface area contributed by atoms with Gasteiger partial charge in [-0.05, 0) is 50.6 Å². The van der Waals surface area contributed by atoms with E-state index in [1.165, 1.54) is 50.2 Å². The van der Waals surface area contributed by atoms with Crippen LogP contribution in [0.2, 0.25) is 0 Å². The Kier molecular flexibility index (Phi) is 6.88. The Balaban J connectivity index is 1.69. The molecule has 3 aromatic rings. The van der Waals surface area contributed by atoms with Crippen molar-refractivity contribution in [3.05, 3.63) is 70.8 Å². The van der Waals surface area contributed by atoms with Gasteiger partial charge in [0.05, 0.1) is 17.9 Å². The summed E-state index contributed by atoms with van der Waals surface area (Å²) in [5.41, 5.74) is 6.40. The number of rotatable bonds is 6. The van der Waals surface area contributed by atoms with Crippen LogP contribution in [0.1, 0.15) is 53.7 Å². The summed E-state index contributed by atoms with van der Waals surface area (Å²) in [6, 6.07) is 10.7. The van der Waals surface area contributed by atoms with Crippen molar-refractivity contribution in [2.24, 2.45) is 0 Å². The van der Waals surface area contributed by atoms with Crippen LogP contribution in [0.4, 0.5) is 11.4 Å². The molecule has 3 aliphatic heterocycles. The summed E-state index contributed by atoms with van der Waals surface area (Å²) in [5, 5.41) is 1.59. The van der Waals surface area contributed by atoms with Gasteiger partial charge in [0.25, 0.3) is 32.1 Å². The molecule has 0 radical (unpaired) electrons. The topological polar surface area (TPSA) is 246 Å². The van der Waals surface area contributed by atoms with Gasteiger partial charge in [0.2, 0.25) is 0 Å².